The van der Waals surface area contributed by atoms with Crippen LogP contribution in [0.1, 0.15) is 42.5 Å². The number of halogens is 2. The van der Waals surface area contributed by atoms with Crippen molar-refractivity contribution >= 4 is 11.8 Å². The third-order valence-corrected chi connectivity index (χ3v) is 4.68. The molecule has 0 unspecified atom stereocenters. The van der Waals surface area contributed by atoms with Crippen LogP contribution in [0.15, 0.2) is 51.6 Å². The van der Waals surface area contributed by atoms with Crippen LogP contribution in [0.25, 0.3) is 17.0 Å². The van der Waals surface area contributed by atoms with E-state index in [-0.39, 0.29) is 11.4 Å². The zero-order valence-electron chi connectivity index (χ0n) is 16.8. The Hall–Kier alpha value is -3.62. The molecule has 1 aliphatic heterocycles. The van der Waals surface area contributed by atoms with Gasteiger partial charge >= 0.3 is 0 Å². The van der Waals surface area contributed by atoms with Crippen LogP contribution in [-0.2, 0) is 13.1 Å². The number of benzene rings is 1. The lowest BCUT2D eigenvalue weighted by Crippen LogP contribution is -2.21. The van der Waals surface area contributed by atoms with Gasteiger partial charge in [-0.2, -0.15) is 10.1 Å². The standard InChI is InChI=1S/C21H20F2N6O/c1-4-16(19(23)12(2)22)21-26-17-9-24-29(11-18(17)27-21)10-14-5-7-15(8-6-14)20-25-13(3)30-28-20/h4-9H,10-11H2,1-3H3,(H,26,27). The van der Waals surface area contributed by atoms with Gasteiger partial charge in [-0.1, -0.05) is 35.5 Å². The van der Waals surface area contributed by atoms with Crippen LogP contribution < -0.4 is 0 Å². The van der Waals surface area contributed by atoms with E-state index >= 15 is 0 Å². The minimum absolute atomic E-state index is 0.0941. The van der Waals surface area contributed by atoms with Crippen LogP contribution in [-0.4, -0.2) is 31.3 Å². The van der Waals surface area contributed by atoms with E-state index in [2.05, 4.69) is 25.2 Å². The molecule has 1 aromatic carbocycles. The second-order valence-corrected chi connectivity index (χ2v) is 6.90. The van der Waals surface area contributed by atoms with Crippen molar-refractivity contribution in [2.75, 3.05) is 0 Å². The molecule has 0 aliphatic carbocycles. The largest absolute Gasteiger partial charge is 0.340 e. The fourth-order valence-electron chi connectivity index (χ4n) is 3.17. The number of H-pyrrole nitrogens is 1. The van der Waals surface area contributed by atoms with Crippen molar-refractivity contribution in [3.8, 4) is 11.4 Å². The van der Waals surface area contributed by atoms with Crippen LogP contribution >= 0.6 is 0 Å². The van der Waals surface area contributed by atoms with Crippen molar-refractivity contribution in [3.05, 3.63) is 70.7 Å². The van der Waals surface area contributed by atoms with E-state index in [1.54, 1.807) is 20.1 Å². The molecule has 0 saturated carbocycles. The highest BCUT2D eigenvalue weighted by molar-refractivity contribution is 5.82. The summed E-state index contributed by atoms with van der Waals surface area (Å²) in [5, 5.41) is 10.2. The van der Waals surface area contributed by atoms with Gasteiger partial charge < -0.3 is 9.51 Å². The molecule has 1 N–H and O–H groups in total. The molecule has 0 radical (unpaired) electrons. The Morgan fingerprint density at radius 3 is 2.63 bits per heavy atom. The van der Waals surface area contributed by atoms with E-state index in [0.717, 1.165) is 23.7 Å². The van der Waals surface area contributed by atoms with Gasteiger partial charge in [0, 0.05) is 12.5 Å². The van der Waals surface area contributed by atoms with E-state index in [9.17, 15) is 8.78 Å². The Kier molecular flexibility index (Phi) is 5.26. The number of hydrogen-bond donors (Lipinski definition) is 1. The maximum atomic E-state index is 14.1. The molecular formula is C21H20F2N6O. The summed E-state index contributed by atoms with van der Waals surface area (Å²) in [7, 11) is 0. The van der Waals surface area contributed by atoms with Crippen molar-refractivity contribution < 1.29 is 13.3 Å². The summed E-state index contributed by atoms with van der Waals surface area (Å²) in [6, 6.07) is 7.82. The van der Waals surface area contributed by atoms with Crippen molar-refractivity contribution in [3.63, 3.8) is 0 Å². The molecule has 1 aliphatic rings. The molecule has 4 rings (SSSR count). The van der Waals surface area contributed by atoms with E-state index in [1.165, 1.54) is 6.08 Å². The first kappa shape index (κ1) is 19.7. The first-order chi connectivity index (χ1) is 14.4. The Morgan fingerprint density at radius 2 is 2.00 bits per heavy atom. The molecule has 0 amide bonds. The van der Waals surface area contributed by atoms with Crippen molar-refractivity contribution in [2.24, 2.45) is 5.10 Å². The topological polar surface area (TPSA) is 83.2 Å². The number of aromatic nitrogens is 4. The van der Waals surface area contributed by atoms with Crippen molar-refractivity contribution in [1.29, 1.82) is 0 Å². The lowest BCUT2D eigenvalue weighted by molar-refractivity contribution is 0.265. The average molecular weight is 410 g/mol. The van der Waals surface area contributed by atoms with Gasteiger partial charge in [0.2, 0.25) is 11.7 Å². The molecular weight excluding hydrogens is 390 g/mol. The summed E-state index contributed by atoms with van der Waals surface area (Å²) in [6.45, 7) is 5.51. The normalized spacial score (nSPS) is 14.7. The Balaban J connectivity index is 1.47. The van der Waals surface area contributed by atoms with Crippen LogP contribution in [0.3, 0.4) is 0 Å². The van der Waals surface area contributed by atoms with Gasteiger partial charge in [-0.3, -0.25) is 5.01 Å². The number of hydrogen-bond acceptors (Lipinski definition) is 6. The molecule has 0 fully saturated rings. The summed E-state index contributed by atoms with van der Waals surface area (Å²) in [5.41, 5.74) is 3.43. The first-order valence-electron chi connectivity index (χ1n) is 9.41. The predicted molar refractivity (Wildman–Crippen MR) is 108 cm³/mol. The minimum Gasteiger partial charge on any atom is -0.340 e. The van der Waals surface area contributed by atoms with Gasteiger partial charge in [0.1, 0.15) is 17.3 Å². The minimum atomic E-state index is -0.922. The molecule has 30 heavy (non-hydrogen) atoms. The number of aromatic amines is 1. The highest BCUT2D eigenvalue weighted by Gasteiger charge is 2.20. The molecule has 0 atom stereocenters. The van der Waals surface area contributed by atoms with Crippen molar-refractivity contribution in [2.45, 2.75) is 33.9 Å². The third-order valence-electron chi connectivity index (χ3n) is 4.68. The zero-order valence-corrected chi connectivity index (χ0v) is 16.8. The van der Waals surface area contributed by atoms with E-state index in [0.29, 0.717) is 30.5 Å². The number of nitrogens with one attached hydrogen (secondary N) is 1. The highest BCUT2D eigenvalue weighted by Crippen LogP contribution is 2.27. The fraction of sp³-hybridized carbons (Fsp3) is 0.238. The molecule has 3 heterocycles. The Bertz CT molecular complexity index is 1150. The summed E-state index contributed by atoms with van der Waals surface area (Å²) >= 11 is 0. The van der Waals surface area contributed by atoms with Gasteiger partial charge in [-0.15, -0.1) is 0 Å². The van der Waals surface area contributed by atoms with Crippen LogP contribution in [0.2, 0.25) is 0 Å². The number of aryl methyl sites for hydroxylation is 1. The number of hydrazone groups is 1. The molecule has 2 aromatic heterocycles. The van der Waals surface area contributed by atoms with Gasteiger partial charge in [0.15, 0.2) is 5.83 Å². The number of fused-ring (bicyclic) bond motifs is 1. The fourth-order valence-corrected chi connectivity index (χ4v) is 3.17. The molecule has 9 heteroatoms. The lowest BCUT2D eigenvalue weighted by atomic mass is 10.1. The Morgan fingerprint density at radius 1 is 1.23 bits per heavy atom. The number of allylic oxidation sites excluding steroid dienone is 4. The Labute approximate surface area is 171 Å². The maximum Gasteiger partial charge on any atom is 0.223 e. The van der Waals surface area contributed by atoms with Gasteiger partial charge in [-0.05, 0) is 19.4 Å². The third kappa shape index (κ3) is 3.91. The summed E-state index contributed by atoms with van der Waals surface area (Å²) < 4.78 is 32.4. The second-order valence-electron chi connectivity index (χ2n) is 6.90. The summed E-state index contributed by atoms with van der Waals surface area (Å²) in [5.74, 6) is -0.453. The SMILES string of the molecule is CC=C(C(F)=C(C)F)c1nc2c([nH]1)CN(Cc1ccc(-c3noc(C)n3)cc1)N=C2. The van der Waals surface area contributed by atoms with Crippen molar-refractivity contribution in [1.82, 2.24) is 25.1 Å². The van der Waals surface area contributed by atoms with Gasteiger partial charge in [-0.25, -0.2) is 13.8 Å². The van der Waals surface area contributed by atoms with E-state index < -0.39 is 11.7 Å². The zero-order chi connectivity index (χ0) is 21.3. The summed E-state index contributed by atoms with van der Waals surface area (Å²) in [6.07, 6.45) is 3.11. The maximum absolute atomic E-state index is 14.1. The van der Waals surface area contributed by atoms with Crippen LogP contribution in [0, 0.1) is 6.92 Å². The van der Waals surface area contributed by atoms with Crippen LogP contribution in [0.5, 0.6) is 0 Å². The molecule has 7 nitrogen and oxygen atoms in total. The highest BCUT2D eigenvalue weighted by atomic mass is 19.2. The molecule has 3 aromatic rings. The van der Waals surface area contributed by atoms with Gasteiger partial charge in [0.25, 0.3) is 0 Å². The monoisotopic (exact) mass is 410 g/mol. The number of nitrogens with zero attached hydrogens (tertiary/aromatic N) is 5. The number of imidazole rings is 1. The lowest BCUT2D eigenvalue weighted by Gasteiger charge is -2.21. The first-order valence-corrected chi connectivity index (χ1v) is 9.41. The van der Waals surface area contributed by atoms with Crippen LogP contribution in [0.4, 0.5) is 8.78 Å². The van der Waals surface area contributed by atoms with Gasteiger partial charge in [0.05, 0.1) is 30.6 Å². The quantitative estimate of drug-likeness (QED) is 0.617. The molecule has 0 saturated heterocycles. The molecule has 0 bridgehead atoms. The predicted octanol–water partition coefficient (Wildman–Crippen LogP) is 4.69. The average Bonchev–Trinajstić information content (AvgIpc) is 3.35. The smallest absolute Gasteiger partial charge is 0.223 e. The molecule has 0 spiro atoms. The van der Waals surface area contributed by atoms with E-state index in [4.69, 9.17) is 4.52 Å². The molecule has 154 valence electrons. The summed E-state index contributed by atoms with van der Waals surface area (Å²) in [4.78, 5) is 11.7. The number of rotatable bonds is 5. The van der Waals surface area contributed by atoms with E-state index in [1.807, 2.05) is 29.3 Å². The second kappa shape index (κ2) is 8.02.